The van der Waals surface area contributed by atoms with Crippen molar-refractivity contribution < 1.29 is 4.79 Å². The second kappa shape index (κ2) is 9.32. The largest absolute Gasteiger partial charge is 0.350 e. The van der Waals surface area contributed by atoms with Crippen molar-refractivity contribution in [2.45, 2.75) is 39.7 Å². The van der Waals surface area contributed by atoms with Crippen LogP contribution in [0.25, 0.3) is 11.1 Å². The van der Waals surface area contributed by atoms with Gasteiger partial charge in [0.15, 0.2) is 0 Å². The number of hydrogen-bond acceptors (Lipinski definition) is 4. The van der Waals surface area contributed by atoms with Gasteiger partial charge in [-0.3, -0.25) is 14.5 Å². The monoisotopic (exact) mass is 343 g/mol. The summed E-state index contributed by atoms with van der Waals surface area (Å²) in [6.07, 6.45) is 9.09. The molecule has 1 amide bonds. The summed E-state index contributed by atoms with van der Waals surface area (Å²) in [5.74, 6) is -0.0754. The van der Waals surface area contributed by atoms with Crippen LogP contribution in [0.1, 0.15) is 44.0 Å². The Morgan fingerprint density at radius 3 is 2.64 bits per heavy atom. The van der Waals surface area contributed by atoms with Crippen LogP contribution in [0.3, 0.4) is 0 Å². The number of carbonyl (C=O) groups is 1. The maximum absolute atomic E-state index is 12.5. The number of amides is 1. The van der Waals surface area contributed by atoms with Crippen LogP contribution in [0, 0.1) is 0 Å². The van der Waals surface area contributed by atoms with E-state index in [2.05, 4.69) is 41.1 Å². The highest BCUT2D eigenvalue weighted by atomic mass is 16.1. The van der Waals surface area contributed by atoms with E-state index in [1.807, 2.05) is 19.3 Å². The van der Waals surface area contributed by atoms with Gasteiger partial charge in [-0.1, -0.05) is 13.8 Å². The van der Waals surface area contributed by atoms with Gasteiger partial charge in [0, 0.05) is 42.8 Å². The summed E-state index contributed by atoms with van der Waals surface area (Å²) >= 11 is 0. The minimum atomic E-state index is -0.0754. The van der Waals surface area contributed by atoms with Crippen molar-refractivity contribution >= 4 is 5.91 Å². The first-order chi connectivity index (χ1) is 12.0. The lowest BCUT2D eigenvalue weighted by Crippen LogP contribution is -2.33. The molecule has 2 rings (SSSR count). The number of nitrogens with zero attached hydrogens (tertiary/aromatic N) is 4. The fraction of sp³-hybridized carbons (Fsp3) is 0.526. The molecule has 1 unspecified atom stereocenters. The Hall–Kier alpha value is -2.21. The van der Waals surface area contributed by atoms with Crippen molar-refractivity contribution in [1.82, 2.24) is 25.0 Å². The molecular weight excluding hydrogens is 314 g/mol. The topological polar surface area (TPSA) is 63.1 Å². The average Bonchev–Trinajstić information content (AvgIpc) is 3.05. The molecule has 0 saturated carbocycles. The smallest absolute Gasteiger partial charge is 0.253 e. The van der Waals surface area contributed by atoms with Crippen molar-refractivity contribution in [1.29, 1.82) is 0 Å². The molecule has 0 saturated heterocycles. The van der Waals surface area contributed by atoms with Gasteiger partial charge in [-0.2, -0.15) is 5.10 Å². The van der Waals surface area contributed by atoms with Crippen LogP contribution in [-0.2, 0) is 7.05 Å². The third-order valence-corrected chi connectivity index (χ3v) is 4.42. The summed E-state index contributed by atoms with van der Waals surface area (Å²) in [6.45, 7) is 9.63. The molecule has 2 aromatic rings. The molecule has 25 heavy (non-hydrogen) atoms. The van der Waals surface area contributed by atoms with Crippen LogP contribution in [0.15, 0.2) is 30.9 Å². The molecule has 0 spiro atoms. The van der Waals surface area contributed by atoms with E-state index >= 15 is 0 Å². The van der Waals surface area contributed by atoms with Gasteiger partial charge in [0.05, 0.1) is 11.8 Å². The summed E-state index contributed by atoms with van der Waals surface area (Å²) in [5, 5.41) is 7.23. The maximum atomic E-state index is 12.5. The summed E-state index contributed by atoms with van der Waals surface area (Å²) in [5.41, 5.74) is 2.43. The molecule has 2 heterocycles. The van der Waals surface area contributed by atoms with Gasteiger partial charge < -0.3 is 10.2 Å². The van der Waals surface area contributed by atoms with E-state index in [4.69, 9.17) is 0 Å². The molecule has 6 heteroatoms. The Bertz CT molecular complexity index is 678. The van der Waals surface area contributed by atoms with Gasteiger partial charge in [-0.15, -0.1) is 0 Å². The van der Waals surface area contributed by atoms with Crippen LogP contribution in [0.4, 0.5) is 0 Å². The highest BCUT2D eigenvalue weighted by molar-refractivity contribution is 5.95. The number of carbonyl (C=O) groups excluding carboxylic acids is 1. The molecule has 6 nitrogen and oxygen atoms in total. The fourth-order valence-corrected chi connectivity index (χ4v) is 2.83. The zero-order valence-electron chi connectivity index (χ0n) is 15.7. The number of hydrogen-bond donors (Lipinski definition) is 1. The Morgan fingerprint density at radius 1 is 1.24 bits per heavy atom. The van der Waals surface area contributed by atoms with Crippen molar-refractivity contribution in [3.63, 3.8) is 0 Å². The zero-order chi connectivity index (χ0) is 18.2. The average molecular weight is 343 g/mol. The lowest BCUT2D eigenvalue weighted by atomic mass is 10.1. The Kier molecular flexibility index (Phi) is 7.13. The predicted molar refractivity (Wildman–Crippen MR) is 100 cm³/mol. The Morgan fingerprint density at radius 2 is 2.00 bits per heavy atom. The van der Waals surface area contributed by atoms with Gasteiger partial charge >= 0.3 is 0 Å². The number of pyridine rings is 1. The molecule has 0 aliphatic heterocycles. The highest BCUT2D eigenvalue weighted by Crippen LogP contribution is 2.18. The van der Waals surface area contributed by atoms with Crippen LogP contribution >= 0.6 is 0 Å². The Balaban J connectivity index is 1.90. The first-order valence-corrected chi connectivity index (χ1v) is 9.00. The van der Waals surface area contributed by atoms with Gasteiger partial charge in [-0.25, -0.2) is 0 Å². The lowest BCUT2D eigenvalue weighted by Gasteiger charge is -2.19. The third kappa shape index (κ3) is 5.67. The molecule has 0 aromatic carbocycles. The molecule has 136 valence electrons. The van der Waals surface area contributed by atoms with Crippen LogP contribution < -0.4 is 5.32 Å². The number of aromatic nitrogens is 3. The number of rotatable bonds is 9. The summed E-state index contributed by atoms with van der Waals surface area (Å²) < 4.78 is 1.74. The SMILES string of the molecule is CCN(CC)CCCC(C)NC(=O)c1cncc(-c2cnn(C)c2)c1. The first kappa shape index (κ1) is 19.1. The normalized spacial score (nSPS) is 12.4. The third-order valence-electron chi connectivity index (χ3n) is 4.42. The lowest BCUT2D eigenvalue weighted by molar-refractivity contribution is 0.0937. The van der Waals surface area contributed by atoms with Gasteiger partial charge in [0.1, 0.15) is 0 Å². The molecule has 0 aliphatic rings. The number of aryl methyl sites for hydroxylation is 1. The van der Waals surface area contributed by atoms with Crippen LogP contribution in [0.5, 0.6) is 0 Å². The summed E-state index contributed by atoms with van der Waals surface area (Å²) in [4.78, 5) is 19.1. The molecular formula is C19H29N5O. The van der Waals surface area contributed by atoms with E-state index in [9.17, 15) is 4.79 Å². The molecule has 0 bridgehead atoms. The van der Waals surface area contributed by atoms with Crippen molar-refractivity contribution in [2.75, 3.05) is 19.6 Å². The standard InChI is InChI=1S/C19H29N5O/c1-5-24(6-2)9-7-8-15(3)22-19(25)17-10-16(11-20-12-17)18-13-21-23(4)14-18/h10-15H,5-9H2,1-4H3,(H,22,25). The number of nitrogens with one attached hydrogen (secondary N) is 1. The van der Waals surface area contributed by atoms with E-state index in [1.165, 1.54) is 0 Å². The van der Waals surface area contributed by atoms with E-state index in [-0.39, 0.29) is 11.9 Å². The molecule has 0 aliphatic carbocycles. The zero-order valence-corrected chi connectivity index (χ0v) is 15.7. The van der Waals surface area contributed by atoms with Gasteiger partial charge in [0.2, 0.25) is 0 Å². The van der Waals surface area contributed by atoms with Gasteiger partial charge in [-0.05, 0) is 45.5 Å². The highest BCUT2D eigenvalue weighted by Gasteiger charge is 2.12. The van der Waals surface area contributed by atoms with E-state index in [1.54, 1.807) is 23.3 Å². The van der Waals surface area contributed by atoms with E-state index in [0.29, 0.717) is 5.56 Å². The molecule has 2 aromatic heterocycles. The second-order valence-electron chi connectivity index (χ2n) is 6.41. The Labute approximate surface area is 150 Å². The van der Waals surface area contributed by atoms with Crippen molar-refractivity contribution in [3.8, 4) is 11.1 Å². The van der Waals surface area contributed by atoms with Crippen molar-refractivity contribution in [3.05, 3.63) is 36.4 Å². The molecule has 0 fully saturated rings. The fourth-order valence-electron chi connectivity index (χ4n) is 2.83. The van der Waals surface area contributed by atoms with E-state index in [0.717, 1.165) is 43.6 Å². The van der Waals surface area contributed by atoms with Crippen LogP contribution in [-0.4, -0.2) is 51.2 Å². The predicted octanol–water partition coefficient (Wildman–Crippen LogP) is 2.72. The summed E-state index contributed by atoms with van der Waals surface area (Å²) in [6, 6.07) is 2.01. The van der Waals surface area contributed by atoms with Gasteiger partial charge in [0.25, 0.3) is 5.91 Å². The van der Waals surface area contributed by atoms with Crippen LogP contribution in [0.2, 0.25) is 0 Å². The minimum Gasteiger partial charge on any atom is -0.350 e. The van der Waals surface area contributed by atoms with Crippen molar-refractivity contribution in [2.24, 2.45) is 7.05 Å². The molecule has 0 radical (unpaired) electrons. The minimum absolute atomic E-state index is 0.0754. The first-order valence-electron chi connectivity index (χ1n) is 9.00. The maximum Gasteiger partial charge on any atom is 0.253 e. The van der Waals surface area contributed by atoms with E-state index < -0.39 is 0 Å². The summed E-state index contributed by atoms with van der Waals surface area (Å²) in [7, 11) is 1.87. The second-order valence-corrected chi connectivity index (χ2v) is 6.41. The molecule has 1 N–H and O–H groups in total. The quantitative estimate of drug-likeness (QED) is 0.760. The molecule has 1 atom stereocenters.